The van der Waals surface area contributed by atoms with Gasteiger partial charge >= 0.3 is 11.7 Å². The maximum absolute atomic E-state index is 14.3. The van der Waals surface area contributed by atoms with Gasteiger partial charge in [-0.3, -0.25) is 9.78 Å². The lowest BCUT2D eigenvalue weighted by Gasteiger charge is -2.10. The Kier molecular flexibility index (Phi) is 5.46. The Morgan fingerprint density at radius 1 is 1.21 bits per heavy atom. The topological polar surface area (TPSA) is 139 Å². The summed E-state index contributed by atoms with van der Waals surface area (Å²) in [6, 6.07) is 9.68. The quantitative estimate of drug-likeness (QED) is 0.486. The number of hydrogen-bond acceptors (Lipinski definition) is 6. The minimum atomic E-state index is -1.09. The summed E-state index contributed by atoms with van der Waals surface area (Å²) in [6.45, 7) is 0. The molecule has 3 rings (SSSR count). The van der Waals surface area contributed by atoms with Crippen LogP contribution in [0, 0.1) is 5.82 Å². The highest BCUT2D eigenvalue weighted by atomic mass is 19.1. The van der Waals surface area contributed by atoms with Crippen molar-refractivity contribution in [3.05, 3.63) is 75.7 Å². The molecule has 9 heteroatoms. The number of aromatic amines is 1. The fraction of sp³-hybridized carbons (Fsp3) is 0.158. The molecule has 1 atom stereocenters. The number of aromatic hydroxyl groups is 1. The molecule has 1 unspecified atom stereocenters. The number of benzene rings is 2. The minimum Gasteiger partial charge on any atom is -0.492 e. The fourth-order valence-corrected chi connectivity index (χ4v) is 2.56. The highest BCUT2D eigenvalue weighted by Crippen LogP contribution is 2.27. The molecule has 146 valence electrons. The normalized spacial score (nSPS) is 11.9. The number of carboxylic acids is 1. The zero-order valence-electron chi connectivity index (χ0n) is 14.5. The smallest absolute Gasteiger partial charge is 0.419 e. The average Bonchev–Trinajstić information content (AvgIpc) is 2.96. The summed E-state index contributed by atoms with van der Waals surface area (Å²) in [4.78, 5) is 23.9. The molecule has 1 heterocycles. The highest BCUT2D eigenvalue weighted by Gasteiger charge is 2.14. The number of halogens is 1. The summed E-state index contributed by atoms with van der Waals surface area (Å²) in [5.41, 5.74) is 6.67. The van der Waals surface area contributed by atoms with Crippen LogP contribution in [0.4, 0.5) is 4.39 Å². The van der Waals surface area contributed by atoms with Crippen molar-refractivity contribution >= 4 is 5.97 Å². The number of hydrogen-bond donors (Lipinski definition) is 4. The van der Waals surface area contributed by atoms with Crippen LogP contribution in [0.5, 0.6) is 17.4 Å². The van der Waals surface area contributed by atoms with Crippen LogP contribution in [0.1, 0.15) is 16.9 Å². The van der Waals surface area contributed by atoms with Gasteiger partial charge in [0.1, 0.15) is 11.8 Å². The first-order valence-corrected chi connectivity index (χ1v) is 8.26. The number of aromatic nitrogens is 1. The molecule has 0 aliphatic rings. The number of ether oxygens (including phenoxy) is 1. The summed E-state index contributed by atoms with van der Waals surface area (Å²) in [5.74, 6) is -2.55. The summed E-state index contributed by atoms with van der Waals surface area (Å²) in [5, 5.41) is 18.3. The first kappa shape index (κ1) is 19.2. The Balaban J connectivity index is 1.68. The molecule has 0 saturated carbocycles. The van der Waals surface area contributed by atoms with E-state index in [0.717, 1.165) is 0 Å². The van der Waals surface area contributed by atoms with Crippen LogP contribution in [0.15, 0.2) is 51.7 Å². The van der Waals surface area contributed by atoms with Gasteiger partial charge in [-0.2, -0.15) is 0 Å². The Bertz CT molecular complexity index is 1040. The van der Waals surface area contributed by atoms with Crippen LogP contribution in [0.3, 0.4) is 0 Å². The van der Waals surface area contributed by atoms with E-state index in [4.69, 9.17) is 20.0 Å². The van der Waals surface area contributed by atoms with Crippen molar-refractivity contribution in [2.24, 2.45) is 5.73 Å². The van der Waals surface area contributed by atoms with Crippen molar-refractivity contribution in [1.82, 2.24) is 4.98 Å². The molecule has 5 N–H and O–H groups in total. The van der Waals surface area contributed by atoms with E-state index < -0.39 is 29.5 Å². The van der Waals surface area contributed by atoms with Crippen molar-refractivity contribution in [2.45, 2.75) is 18.9 Å². The first-order chi connectivity index (χ1) is 13.3. The average molecular weight is 388 g/mol. The van der Waals surface area contributed by atoms with E-state index in [1.807, 2.05) is 0 Å². The van der Waals surface area contributed by atoms with Crippen molar-refractivity contribution in [3.63, 3.8) is 0 Å². The van der Waals surface area contributed by atoms with Gasteiger partial charge in [-0.05, 0) is 41.8 Å². The van der Waals surface area contributed by atoms with Crippen LogP contribution < -0.4 is 16.2 Å². The predicted octanol–water partition coefficient (Wildman–Crippen LogP) is 2.15. The van der Waals surface area contributed by atoms with Crippen LogP contribution in [0.25, 0.3) is 0 Å². The van der Waals surface area contributed by atoms with Crippen molar-refractivity contribution in [1.29, 1.82) is 0 Å². The number of H-pyrrole nitrogens is 1. The zero-order valence-corrected chi connectivity index (χ0v) is 14.5. The van der Waals surface area contributed by atoms with E-state index in [-0.39, 0.29) is 24.4 Å². The van der Waals surface area contributed by atoms with Gasteiger partial charge in [0.05, 0.1) is 0 Å². The summed E-state index contributed by atoms with van der Waals surface area (Å²) in [6.07, 6.45) is 0.196. The molecule has 8 nitrogen and oxygen atoms in total. The van der Waals surface area contributed by atoms with Crippen molar-refractivity contribution in [2.75, 3.05) is 0 Å². The van der Waals surface area contributed by atoms with Gasteiger partial charge in [-0.25, -0.2) is 9.18 Å². The van der Waals surface area contributed by atoms with Crippen molar-refractivity contribution < 1.29 is 28.6 Å². The maximum Gasteiger partial charge on any atom is 0.419 e. The molecule has 0 fully saturated rings. The monoisotopic (exact) mass is 388 g/mol. The number of rotatable bonds is 7. The lowest BCUT2D eigenvalue weighted by molar-refractivity contribution is -0.138. The fourth-order valence-electron chi connectivity index (χ4n) is 2.56. The number of nitrogens with two attached hydrogens (primary N) is 1. The van der Waals surface area contributed by atoms with E-state index >= 15 is 0 Å². The van der Waals surface area contributed by atoms with Crippen LogP contribution in [-0.2, 0) is 17.6 Å². The van der Waals surface area contributed by atoms with Crippen molar-refractivity contribution in [3.8, 4) is 17.4 Å². The summed E-state index contributed by atoms with van der Waals surface area (Å²) in [7, 11) is 0. The lowest BCUT2D eigenvalue weighted by atomic mass is 10.1. The third kappa shape index (κ3) is 4.57. The van der Waals surface area contributed by atoms with Crippen LogP contribution >= 0.6 is 0 Å². The summed E-state index contributed by atoms with van der Waals surface area (Å²) >= 11 is 0. The minimum absolute atomic E-state index is 0.00762. The van der Waals surface area contributed by atoms with Gasteiger partial charge in [0.25, 0.3) is 0 Å². The standard InChI is InChI=1S/C19H17FN2O6/c20-13-7-11(9-16-17(23)22-19(26)28-16)3-6-15(13)27-12-4-1-10(2-5-12)8-14(21)18(24)25/h1-7,14,23H,8-9,21H2,(H,22,26)(H,24,25). The number of carboxylic acid groups (broad SMARTS) is 1. The number of aliphatic carboxylic acids is 1. The second kappa shape index (κ2) is 7.97. The third-order valence-corrected chi connectivity index (χ3v) is 3.99. The Hall–Kier alpha value is -3.59. The lowest BCUT2D eigenvalue weighted by Crippen LogP contribution is -2.32. The Labute approximate surface area is 158 Å². The molecule has 2 aromatic carbocycles. The highest BCUT2D eigenvalue weighted by molar-refractivity contribution is 5.73. The molecule has 28 heavy (non-hydrogen) atoms. The van der Waals surface area contributed by atoms with Crippen LogP contribution in [0.2, 0.25) is 0 Å². The van der Waals surface area contributed by atoms with E-state index in [1.54, 1.807) is 30.3 Å². The van der Waals surface area contributed by atoms with E-state index in [0.29, 0.717) is 16.9 Å². The zero-order chi connectivity index (χ0) is 20.3. The molecule has 0 bridgehead atoms. The van der Waals surface area contributed by atoms with Gasteiger partial charge in [0, 0.05) is 6.42 Å². The first-order valence-electron chi connectivity index (χ1n) is 8.26. The van der Waals surface area contributed by atoms with Gasteiger partial charge in [-0.15, -0.1) is 0 Å². The molecule has 0 saturated heterocycles. The molecule has 0 aliphatic heterocycles. The van der Waals surface area contributed by atoms with E-state index in [2.05, 4.69) is 4.98 Å². The third-order valence-electron chi connectivity index (χ3n) is 3.99. The molecular weight excluding hydrogens is 371 g/mol. The molecule has 0 radical (unpaired) electrons. The maximum atomic E-state index is 14.3. The van der Waals surface area contributed by atoms with E-state index in [9.17, 15) is 19.1 Å². The SMILES string of the molecule is NC(Cc1ccc(Oc2ccc(Cc3oc(=O)[nH]c3O)cc2F)cc1)C(=O)O. The van der Waals surface area contributed by atoms with Gasteiger partial charge in [-0.1, -0.05) is 18.2 Å². The van der Waals surface area contributed by atoms with Gasteiger partial charge < -0.3 is 25.1 Å². The second-order valence-electron chi connectivity index (χ2n) is 6.12. The molecule has 0 amide bonds. The Morgan fingerprint density at radius 3 is 2.46 bits per heavy atom. The second-order valence-corrected chi connectivity index (χ2v) is 6.12. The Morgan fingerprint density at radius 2 is 1.89 bits per heavy atom. The predicted molar refractivity (Wildman–Crippen MR) is 96.0 cm³/mol. The number of carbonyl (C=O) groups is 1. The number of oxazole rings is 1. The molecule has 3 aromatic rings. The molecular formula is C19H17FN2O6. The largest absolute Gasteiger partial charge is 0.492 e. The van der Waals surface area contributed by atoms with Gasteiger partial charge in [0.15, 0.2) is 17.3 Å². The van der Waals surface area contributed by atoms with Crippen LogP contribution in [-0.4, -0.2) is 27.2 Å². The molecule has 0 spiro atoms. The summed E-state index contributed by atoms with van der Waals surface area (Å²) < 4.78 is 24.6. The molecule has 1 aromatic heterocycles. The van der Waals surface area contributed by atoms with E-state index in [1.165, 1.54) is 12.1 Å². The molecule has 0 aliphatic carbocycles. The van der Waals surface area contributed by atoms with Gasteiger partial charge in [0.2, 0.25) is 5.88 Å². The number of nitrogens with one attached hydrogen (secondary N) is 1.